The molecule has 1 N–H and O–H groups in total. The summed E-state index contributed by atoms with van der Waals surface area (Å²) in [7, 11) is -4.04. The van der Waals surface area contributed by atoms with E-state index >= 15 is 0 Å². The van der Waals surface area contributed by atoms with E-state index < -0.39 is 15.5 Å². The van der Waals surface area contributed by atoms with Crippen LogP contribution in [0.25, 0.3) is 0 Å². The van der Waals surface area contributed by atoms with Crippen molar-refractivity contribution in [2.75, 3.05) is 5.75 Å². The Hall–Kier alpha value is -0.420. The van der Waals surface area contributed by atoms with Crippen LogP contribution in [0.5, 0.6) is 0 Å². The van der Waals surface area contributed by atoms with Crippen molar-refractivity contribution in [3.05, 3.63) is 0 Å². The fraction of sp³-hybridized carbons (Fsp3) is 0.889. The largest absolute Gasteiger partial charge is 0.299 e. The average molecular weight is 218 g/mol. The van der Waals surface area contributed by atoms with Gasteiger partial charge in [0.05, 0.1) is 5.75 Å². The molecule has 0 saturated heterocycles. The van der Waals surface area contributed by atoms with Crippen LogP contribution in [-0.4, -0.2) is 24.5 Å². The minimum atomic E-state index is -4.04. The number of hydrogen-bond acceptors (Lipinski definition) is 3. The van der Waals surface area contributed by atoms with E-state index in [9.17, 15) is 13.2 Å². The van der Waals surface area contributed by atoms with Gasteiger partial charge in [0, 0.05) is 11.8 Å². The van der Waals surface area contributed by atoms with Crippen molar-refractivity contribution in [2.45, 2.75) is 26.2 Å². The van der Waals surface area contributed by atoms with E-state index in [4.69, 9.17) is 4.55 Å². The van der Waals surface area contributed by atoms with E-state index in [1.165, 1.54) is 0 Å². The summed E-state index contributed by atoms with van der Waals surface area (Å²) < 4.78 is 30.6. The van der Waals surface area contributed by atoms with Crippen LogP contribution in [0.2, 0.25) is 0 Å². The lowest BCUT2D eigenvalue weighted by Gasteiger charge is -2.26. The standard InChI is InChI=1S/C9H14O4S/c1-6-7-2-3-9(6,8(10)4-7)5-14(11,12)13/h6-7H,2-5H2,1H3,(H,11,12,13)/t6-,7?,9-/m1/s1. The van der Waals surface area contributed by atoms with Crippen LogP contribution in [-0.2, 0) is 14.9 Å². The Kier molecular flexibility index (Phi) is 2.02. The third kappa shape index (κ3) is 1.30. The minimum absolute atomic E-state index is 0.0267. The predicted molar refractivity (Wildman–Crippen MR) is 50.4 cm³/mol. The lowest BCUT2D eigenvalue weighted by atomic mass is 9.81. The number of carbonyl (C=O) groups excluding carboxylic acids is 1. The van der Waals surface area contributed by atoms with Gasteiger partial charge in [0.2, 0.25) is 0 Å². The quantitative estimate of drug-likeness (QED) is 0.698. The molecule has 0 amide bonds. The van der Waals surface area contributed by atoms with Gasteiger partial charge < -0.3 is 0 Å². The molecule has 14 heavy (non-hydrogen) atoms. The molecule has 0 aliphatic heterocycles. The lowest BCUT2D eigenvalue weighted by Crippen LogP contribution is -2.36. The molecule has 2 saturated carbocycles. The maximum absolute atomic E-state index is 11.7. The van der Waals surface area contributed by atoms with Crippen LogP contribution in [0.4, 0.5) is 0 Å². The van der Waals surface area contributed by atoms with Gasteiger partial charge in [-0.05, 0) is 24.7 Å². The van der Waals surface area contributed by atoms with Crippen LogP contribution in [0, 0.1) is 17.3 Å². The van der Waals surface area contributed by atoms with Crippen LogP contribution < -0.4 is 0 Å². The summed E-state index contributed by atoms with van der Waals surface area (Å²) in [5.41, 5.74) is -0.766. The number of hydrogen-bond donors (Lipinski definition) is 1. The molecule has 2 aliphatic carbocycles. The van der Waals surface area contributed by atoms with Crippen LogP contribution >= 0.6 is 0 Å². The maximum Gasteiger partial charge on any atom is 0.265 e. The smallest absolute Gasteiger partial charge is 0.265 e. The van der Waals surface area contributed by atoms with Gasteiger partial charge in [-0.25, -0.2) is 0 Å². The molecule has 0 heterocycles. The van der Waals surface area contributed by atoms with E-state index in [1.807, 2.05) is 6.92 Å². The molecule has 2 rings (SSSR count). The first kappa shape index (κ1) is 10.1. The summed E-state index contributed by atoms with van der Waals surface area (Å²) in [6.45, 7) is 1.92. The molecule has 4 nitrogen and oxygen atoms in total. The Bertz CT molecular complexity index is 372. The molecule has 3 atom stereocenters. The highest BCUT2D eigenvalue weighted by Crippen LogP contribution is 2.56. The van der Waals surface area contributed by atoms with Gasteiger partial charge in [-0.1, -0.05) is 6.92 Å². The summed E-state index contributed by atoms with van der Waals surface area (Å²) in [4.78, 5) is 11.7. The molecule has 0 aromatic rings. The van der Waals surface area contributed by atoms with Gasteiger partial charge in [-0.15, -0.1) is 0 Å². The molecule has 1 unspecified atom stereocenters. The monoisotopic (exact) mass is 218 g/mol. The minimum Gasteiger partial charge on any atom is -0.299 e. The van der Waals surface area contributed by atoms with Gasteiger partial charge in [-0.2, -0.15) is 8.42 Å². The molecule has 2 bridgehead atoms. The summed E-state index contributed by atoms with van der Waals surface area (Å²) in [5, 5.41) is 0. The average Bonchev–Trinajstić information content (AvgIpc) is 2.40. The van der Waals surface area contributed by atoms with Crippen molar-refractivity contribution < 1.29 is 17.8 Å². The first-order chi connectivity index (χ1) is 6.35. The van der Waals surface area contributed by atoms with Crippen LogP contribution in [0.15, 0.2) is 0 Å². The Morgan fingerprint density at radius 3 is 2.57 bits per heavy atom. The van der Waals surface area contributed by atoms with E-state index in [0.29, 0.717) is 18.8 Å². The van der Waals surface area contributed by atoms with Gasteiger partial charge >= 0.3 is 0 Å². The fourth-order valence-corrected chi connectivity index (χ4v) is 4.31. The highest BCUT2D eigenvalue weighted by Gasteiger charge is 2.58. The van der Waals surface area contributed by atoms with Gasteiger partial charge in [0.1, 0.15) is 5.78 Å². The fourth-order valence-electron chi connectivity index (χ4n) is 3.09. The van der Waals surface area contributed by atoms with E-state index in [-0.39, 0.29) is 17.5 Å². The first-order valence-corrected chi connectivity index (χ1v) is 6.44. The Morgan fingerprint density at radius 1 is 1.57 bits per heavy atom. The van der Waals surface area contributed by atoms with Gasteiger partial charge in [0.15, 0.2) is 0 Å². The Labute approximate surface area is 83.4 Å². The molecular formula is C9H14O4S. The first-order valence-electron chi connectivity index (χ1n) is 4.84. The number of ketones is 1. The molecule has 0 aromatic carbocycles. The normalized spacial score (nSPS) is 42.0. The molecule has 0 aromatic heterocycles. The van der Waals surface area contributed by atoms with Gasteiger partial charge in [0.25, 0.3) is 10.1 Å². The van der Waals surface area contributed by atoms with Crippen molar-refractivity contribution in [1.29, 1.82) is 0 Å². The molecule has 5 heteroatoms. The van der Waals surface area contributed by atoms with Crippen molar-refractivity contribution in [2.24, 2.45) is 17.3 Å². The zero-order chi connectivity index (χ0) is 10.6. The van der Waals surface area contributed by atoms with E-state index in [1.54, 1.807) is 0 Å². The highest BCUT2D eigenvalue weighted by molar-refractivity contribution is 7.85. The SMILES string of the molecule is C[C@@H]1C2CC[C@]1(CS(=O)(=O)O)C(=O)C2. The van der Waals surface area contributed by atoms with Crippen molar-refractivity contribution in [3.8, 4) is 0 Å². The van der Waals surface area contributed by atoms with E-state index in [0.717, 1.165) is 6.42 Å². The Morgan fingerprint density at radius 2 is 2.21 bits per heavy atom. The maximum atomic E-state index is 11.7. The lowest BCUT2D eigenvalue weighted by molar-refractivity contribution is -0.126. The number of fused-ring (bicyclic) bond motifs is 2. The second-order valence-corrected chi connectivity index (χ2v) is 6.05. The van der Waals surface area contributed by atoms with Crippen LogP contribution in [0.3, 0.4) is 0 Å². The molecular weight excluding hydrogens is 204 g/mol. The molecule has 2 fully saturated rings. The van der Waals surface area contributed by atoms with E-state index in [2.05, 4.69) is 0 Å². The number of Topliss-reactive ketones (excluding diaryl/α,β-unsaturated/α-hetero) is 1. The predicted octanol–water partition coefficient (Wildman–Crippen LogP) is 0.879. The number of carbonyl (C=O) groups is 1. The summed E-state index contributed by atoms with van der Waals surface area (Å²) >= 11 is 0. The summed E-state index contributed by atoms with van der Waals surface area (Å²) in [6, 6.07) is 0. The Balaban J connectivity index is 2.34. The topological polar surface area (TPSA) is 71.4 Å². The van der Waals surface area contributed by atoms with Gasteiger partial charge in [-0.3, -0.25) is 9.35 Å². The van der Waals surface area contributed by atoms with Crippen molar-refractivity contribution in [1.82, 2.24) is 0 Å². The molecule has 80 valence electrons. The second-order valence-electron chi connectivity index (χ2n) is 4.60. The third-order valence-corrected chi connectivity index (χ3v) is 4.86. The third-order valence-electron chi connectivity index (χ3n) is 3.98. The molecule has 2 aliphatic rings. The molecule has 0 radical (unpaired) electrons. The molecule has 0 spiro atoms. The summed E-state index contributed by atoms with van der Waals surface area (Å²) in [5.74, 6) is 0.0938. The van der Waals surface area contributed by atoms with Crippen LogP contribution in [0.1, 0.15) is 26.2 Å². The zero-order valence-corrected chi connectivity index (χ0v) is 8.88. The number of rotatable bonds is 2. The summed E-state index contributed by atoms with van der Waals surface area (Å²) in [6.07, 6.45) is 2.04. The second kappa shape index (κ2) is 2.79. The van der Waals surface area contributed by atoms with Crippen molar-refractivity contribution >= 4 is 15.9 Å². The highest BCUT2D eigenvalue weighted by atomic mass is 32.2. The zero-order valence-electron chi connectivity index (χ0n) is 8.06. The van der Waals surface area contributed by atoms with Crippen molar-refractivity contribution in [3.63, 3.8) is 0 Å².